The topological polar surface area (TPSA) is 63.1 Å². The first-order chi connectivity index (χ1) is 7.15. The Kier molecular flexibility index (Phi) is 2.42. The largest absolute Gasteiger partial charge is 0.481 e. The number of aryl methyl sites for hydroxylation is 1. The molecule has 2 rings (SSSR count). The summed E-state index contributed by atoms with van der Waals surface area (Å²) in [4.78, 5) is 19.5. The van der Waals surface area contributed by atoms with Gasteiger partial charge in [-0.1, -0.05) is 12.8 Å². The molecule has 0 spiro atoms. The number of rotatable bonds is 2. The van der Waals surface area contributed by atoms with Crippen LogP contribution in [-0.2, 0) is 10.2 Å². The molecule has 1 aromatic heterocycles. The van der Waals surface area contributed by atoms with Crippen LogP contribution in [-0.4, -0.2) is 21.0 Å². The molecule has 4 heteroatoms. The highest BCUT2D eigenvalue weighted by Crippen LogP contribution is 2.40. The smallest absolute Gasteiger partial charge is 0.315 e. The maximum atomic E-state index is 11.4. The fourth-order valence-corrected chi connectivity index (χ4v) is 2.27. The van der Waals surface area contributed by atoms with E-state index in [1.165, 1.54) is 6.33 Å². The Morgan fingerprint density at radius 3 is 2.60 bits per heavy atom. The van der Waals surface area contributed by atoms with Crippen molar-refractivity contribution in [2.24, 2.45) is 0 Å². The van der Waals surface area contributed by atoms with Crippen molar-refractivity contribution < 1.29 is 9.90 Å². The monoisotopic (exact) mass is 206 g/mol. The standard InChI is InChI=1S/C11H14N2O2/c1-8-6-9(13-7-12-8)11(10(14)15)4-2-3-5-11/h6-7H,2-5H2,1H3,(H,14,15). The molecule has 1 heterocycles. The highest BCUT2D eigenvalue weighted by Gasteiger charge is 2.44. The highest BCUT2D eigenvalue weighted by atomic mass is 16.4. The Morgan fingerprint density at radius 1 is 1.40 bits per heavy atom. The minimum Gasteiger partial charge on any atom is -0.481 e. The van der Waals surface area contributed by atoms with Gasteiger partial charge in [0.2, 0.25) is 0 Å². The molecule has 4 nitrogen and oxygen atoms in total. The summed E-state index contributed by atoms with van der Waals surface area (Å²) in [5.74, 6) is -0.752. The van der Waals surface area contributed by atoms with Gasteiger partial charge in [-0.25, -0.2) is 9.97 Å². The van der Waals surface area contributed by atoms with Crippen molar-refractivity contribution in [1.29, 1.82) is 0 Å². The minimum atomic E-state index is -0.756. The highest BCUT2D eigenvalue weighted by molar-refractivity contribution is 5.81. The van der Waals surface area contributed by atoms with Gasteiger partial charge in [0.05, 0.1) is 5.69 Å². The van der Waals surface area contributed by atoms with Gasteiger partial charge in [-0.3, -0.25) is 4.79 Å². The van der Waals surface area contributed by atoms with E-state index >= 15 is 0 Å². The molecule has 1 fully saturated rings. The molecule has 1 aliphatic carbocycles. The van der Waals surface area contributed by atoms with Crippen LogP contribution in [0.4, 0.5) is 0 Å². The van der Waals surface area contributed by atoms with Crippen molar-refractivity contribution >= 4 is 5.97 Å². The number of hydrogen-bond acceptors (Lipinski definition) is 3. The molecule has 0 radical (unpaired) electrons. The summed E-state index contributed by atoms with van der Waals surface area (Å²) in [6, 6.07) is 1.79. The normalized spacial score (nSPS) is 19.0. The first-order valence-electron chi connectivity index (χ1n) is 5.18. The lowest BCUT2D eigenvalue weighted by Crippen LogP contribution is -2.33. The van der Waals surface area contributed by atoms with Gasteiger partial charge in [-0.05, 0) is 25.8 Å². The fourth-order valence-electron chi connectivity index (χ4n) is 2.27. The lowest BCUT2D eigenvalue weighted by atomic mass is 9.82. The summed E-state index contributed by atoms with van der Waals surface area (Å²) in [5, 5.41) is 9.35. The Bertz CT molecular complexity index is 384. The molecule has 80 valence electrons. The third kappa shape index (κ3) is 1.60. The van der Waals surface area contributed by atoms with Crippen LogP contribution in [0.1, 0.15) is 37.1 Å². The molecule has 0 bridgehead atoms. The van der Waals surface area contributed by atoms with Gasteiger partial charge in [0.15, 0.2) is 0 Å². The molecular formula is C11H14N2O2. The molecule has 1 aromatic rings. The average molecular weight is 206 g/mol. The fraction of sp³-hybridized carbons (Fsp3) is 0.545. The maximum Gasteiger partial charge on any atom is 0.315 e. The number of carboxylic acids is 1. The van der Waals surface area contributed by atoms with Crippen molar-refractivity contribution in [3.8, 4) is 0 Å². The molecule has 0 aromatic carbocycles. The van der Waals surface area contributed by atoms with Gasteiger partial charge >= 0.3 is 5.97 Å². The second kappa shape index (κ2) is 3.61. The Labute approximate surface area is 88.4 Å². The van der Waals surface area contributed by atoms with Gasteiger partial charge in [0, 0.05) is 5.69 Å². The quantitative estimate of drug-likeness (QED) is 0.799. The number of aliphatic carboxylic acids is 1. The van der Waals surface area contributed by atoms with E-state index in [-0.39, 0.29) is 0 Å². The zero-order valence-corrected chi connectivity index (χ0v) is 8.73. The third-order valence-electron chi connectivity index (χ3n) is 3.16. The molecule has 1 saturated carbocycles. The number of hydrogen-bond donors (Lipinski definition) is 1. The third-order valence-corrected chi connectivity index (χ3v) is 3.16. The maximum absolute atomic E-state index is 11.4. The van der Waals surface area contributed by atoms with Gasteiger partial charge in [-0.2, -0.15) is 0 Å². The van der Waals surface area contributed by atoms with Gasteiger partial charge in [0.1, 0.15) is 11.7 Å². The molecule has 1 aliphatic rings. The lowest BCUT2D eigenvalue weighted by molar-refractivity contribution is -0.143. The SMILES string of the molecule is Cc1cc(C2(C(=O)O)CCCC2)ncn1. The van der Waals surface area contributed by atoms with Crippen LogP contribution in [0, 0.1) is 6.92 Å². The van der Waals surface area contributed by atoms with Crippen LogP contribution in [0.2, 0.25) is 0 Å². The minimum absolute atomic E-state index is 0.667. The van der Waals surface area contributed by atoms with E-state index in [0.717, 1.165) is 18.5 Å². The van der Waals surface area contributed by atoms with Crippen molar-refractivity contribution in [3.05, 3.63) is 23.8 Å². The number of carbonyl (C=O) groups is 1. The van der Waals surface area contributed by atoms with Crippen LogP contribution in [0.15, 0.2) is 12.4 Å². The van der Waals surface area contributed by atoms with E-state index in [4.69, 9.17) is 0 Å². The molecular weight excluding hydrogens is 192 g/mol. The summed E-state index contributed by atoms with van der Waals surface area (Å²) < 4.78 is 0. The molecule has 15 heavy (non-hydrogen) atoms. The summed E-state index contributed by atoms with van der Waals surface area (Å²) in [5.41, 5.74) is 0.737. The van der Waals surface area contributed by atoms with E-state index in [0.29, 0.717) is 18.5 Å². The number of carboxylic acid groups (broad SMARTS) is 1. The summed E-state index contributed by atoms with van der Waals surface area (Å²) in [7, 11) is 0. The lowest BCUT2D eigenvalue weighted by Gasteiger charge is -2.22. The first kappa shape index (κ1) is 10.1. The first-order valence-corrected chi connectivity index (χ1v) is 5.18. The number of nitrogens with zero attached hydrogens (tertiary/aromatic N) is 2. The summed E-state index contributed by atoms with van der Waals surface area (Å²) in [6.07, 6.45) is 4.77. The van der Waals surface area contributed by atoms with Gasteiger partial charge in [-0.15, -0.1) is 0 Å². The van der Waals surface area contributed by atoms with Crippen LogP contribution >= 0.6 is 0 Å². The average Bonchev–Trinajstić information content (AvgIpc) is 2.67. The molecule has 0 saturated heterocycles. The van der Waals surface area contributed by atoms with E-state index in [9.17, 15) is 9.90 Å². The predicted molar refractivity (Wildman–Crippen MR) is 54.6 cm³/mol. The molecule has 1 N–H and O–H groups in total. The van der Waals surface area contributed by atoms with Crippen LogP contribution in [0.3, 0.4) is 0 Å². The van der Waals surface area contributed by atoms with E-state index < -0.39 is 11.4 Å². The second-order valence-corrected chi connectivity index (χ2v) is 4.14. The number of aromatic nitrogens is 2. The Hall–Kier alpha value is -1.45. The zero-order valence-electron chi connectivity index (χ0n) is 8.73. The van der Waals surface area contributed by atoms with E-state index in [2.05, 4.69) is 9.97 Å². The van der Waals surface area contributed by atoms with Crippen molar-refractivity contribution in [1.82, 2.24) is 9.97 Å². The van der Waals surface area contributed by atoms with Crippen molar-refractivity contribution in [2.75, 3.05) is 0 Å². The summed E-state index contributed by atoms with van der Waals surface area (Å²) in [6.45, 7) is 1.86. The van der Waals surface area contributed by atoms with Crippen LogP contribution in [0.5, 0.6) is 0 Å². The van der Waals surface area contributed by atoms with Crippen LogP contribution < -0.4 is 0 Å². The van der Waals surface area contributed by atoms with Gasteiger partial charge in [0.25, 0.3) is 0 Å². The Balaban J connectivity index is 2.45. The van der Waals surface area contributed by atoms with Crippen LogP contribution in [0.25, 0.3) is 0 Å². The summed E-state index contributed by atoms with van der Waals surface area (Å²) >= 11 is 0. The molecule has 0 aliphatic heterocycles. The molecule has 0 unspecified atom stereocenters. The van der Waals surface area contributed by atoms with E-state index in [1.54, 1.807) is 6.07 Å². The van der Waals surface area contributed by atoms with Crippen molar-refractivity contribution in [3.63, 3.8) is 0 Å². The van der Waals surface area contributed by atoms with Crippen molar-refractivity contribution in [2.45, 2.75) is 38.0 Å². The van der Waals surface area contributed by atoms with Gasteiger partial charge < -0.3 is 5.11 Å². The molecule has 0 atom stereocenters. The zero-order chi connectivity index (χ0) is 10.9. The predicted octanol–water partition coefficient (Wildman–Crippen LogP) is 1.68. The Morgan fingerprint density at radius 2 is 2.07 bits per heavy atom. The van der Waals surface area contributed by atoms with E-state index in [1.807, 2.05) is 6.92 Å². The molecule has 0 amide bonds. The second-order valence-electron chi connectivity index (χ2n) is 4.14.